The van der Waals surface area contributed by atoms with Crippen molar-refractivity contribution in [3.63, 3.8) is 0 Å². The predicted octanol–water partition coefficient (Wildman–Crippen LogP) is 2.08. The minimum Gasteiger partial charge on any atom is -0.398 e. The lowest BCUT2D eigenvalue weighted by Crippen LogP contribution is -2.16. The summed E-state index contributed by atoms with van der Waals surface area (Å²) in [6.07, 6.45) is 2.16. The molecule has 88 valence electrons. The molecule has 2 N–H and O–H groups in total. The maximum atomic E-state index is 6.17. The van der Waals surface area contributed by atoms with Crippen molar-refractivity contribution in [2.75, 3.05) is 5.73 Å². The van der Waals surface area contributed by atoms with Gasteiger partial charge in [-0.15, -0.1) is 5.10 Å². The van der Waals surface area contributed by atoms with Crippen LogP contribution < -0.4 is 5.73 Å². The molecule has 5 nitrogen and oxygen atoms in total. The van der Waals surface area contributed by atoms with Crippen molar-refractivity contribution in [3.8, 4) is 11.4 Å². The molecule has 0 spiro atoms. The lowest BCUT2D eigenvalue weighted by Gasteiger charge is -2.12. The molecule has 1 fully saturated rings. The van der Waals surface area contributed by atoms with E-state index in [-0.39, 0.29) is 5.54 Å². The number of hydrogen-bond acceptors (Lipinski definition) is 4. The molecule has 17 heavy (non-hydrogen) atoms. The summed E-state index contributed by atoms with van der Waals surface area (Å²) in [5, 5.41) is 12.4. The monoisotopic (exact) mass is 249 g/mol. The van der Waals surface area contributed by atoms with Gasteiger partial charge in [0, 0.05) is 5.69 Å². The van der Waals surface area contributed by atoms with Crippen LogP contribution in [-0.4, -0.2) is 20.2 Å². The fraction of sp³-hybridized carbons (Fsp3) is 0.364. The summed E-state index contributed by atoms with van der Waals surface area (Å²) in [5.74, 6) is 0.646. The van der Waals surface area contributed by atoms with E-state index in [4.69, 9.17) is 17.3 Å². The second kappa shape index (κ2) is 3.43. The number of nitrogen functional groups attached to an aromatic ring is 1. The Hall–Kier alpha value is -1.62. The Kier molecular flexibility index (Phi) is 2.13. The highest BCUT2D eigenvalue weighted by Crippen LogP contribution is 2.45. The summed E-state index contributed by atoms with van der Waals surface area (Å²) >= 11 is 6.17. The molecule has 1 aliphatic rings. The van der Waals surface area contributed by atoms with Gasteiger partial charge in [-0.05, 0) is 42.3 Å². The summed E-state index contributed by atoms with van der Waals surface area (Å²) in [5.41, 5.74) is 7.28. The summed E-state index contributed by atoms with van der Waals surface area (Å²) in [6.45, 7) is 2.12. The number of benzene rings is 1. The third-order valence-electron chi connectivity index (χ3n) is 3.22. The van der Waals surface area contributed by atoms with E-state index < -0.39 is 0 Å². The van der Waals surface area contributed by atoms with Crippen molar-refractivity contribution in [1.29, 1.82) is 0 Å². The normalized spacial score (nSPS) is 17.1. The van der Waals surface area contributed by atoms with Crippen LogP contribution in [-0.2, 0) is 5.54 Å². The Balaban J connectivity index is 2.19. The zero-order valence-corrected chi connectivity index (χ0v) is 10.1. The van der Waals surface area contributed by atoms with Gasteiger partial charge >= 0.3 is 0 Å². The number of halogens is 1. The molecular weight excluding hydrogens is 238 g/mol. The van der Waals surface area contributed by atoms with Crippen LogP contribution >= 0.6 is 11.6 Å². The van der Waals surface area contributed by atoms with Gasteiger partial charge in [-0.2, -0.15) is 0 Å². The zero-order chi connectivity index (χ0) is 12.0. The second-order valence-corrected chi connectivity index (χ2v) is 5.02. The smallest absolute Gasteiger partial charge is 0.186 e. The van der Waals surface area contributed by atoms with E-state index >= 15 is 0 Å². The van der Waals surface area contributed by atoms with E-state index in [2.05, 4.69) is 22.4 Å². The first kappa shape index (κ1) is 10.5. The minimum atomic E-state index is 0.0183. The van der Waals surface area contributed by atoms with Crippen LogP contribution in [0.1, 0.15) is 19.8 Å². The van der Waals surface area contributed by atoms with E-state index in [1.807, 2.05) is 10.7 Å². The van der Waals surface area contributed by atoms with Crippen molar-refractivity contribution >= 4 is 17.3 Å². The number of rotatable bonds is 2. The standard InChI is InChI=1S/C11H12ClN5/c1-11(5-6-11)17-10(14-15-16-17)9-7(12)3-2-4-8(9)13/h2-4H,5-6,13H2,1H3. The van der Waals surface area contributed by atoms with Gasteiger partial charge < -0.3 is 5.73 Å². The first-order valence-electron chi connectivity index (χ1n) is 5.45. The fourth-order valence-corrected chi connectivity index (χ4v) is 2.14. The highest BCUT2D eigenvalue weighted by molar-refractivity contribution is 6.33. The molecule has 0 saturated heterocycles. The number of tetrazole rings is 1. The SMILES string of the molecule is CC1(n2nnnc2-c2c(N)cccc2Cl)CC1. The van der Waals surface area contributed by atoms with Crippen LogP contribution in [0.5, 0.6) is 0 Å². The maximum absolute atomic E-state index is 6.17. The van der Waals surface area contributed by atoms with Gasteiger partial charge in [0.05, 0.1) is 16.1 Å². The number of hydrogen-bond donors (Lipinski definition) is 1. The van der Waals surface area contributed by atoms with Gasteiger partial charge in [0.1, 0.15) is 0 Å². The molecule has 1 aromatic carbocycles. The third-order valence-corrected chi connectivity index (χ3v) is 3.54. The highest BCUT2D eigenvalue weighted by Gasteiger charge is 2.43. The van der Waals surface area contributed by atoms with Crippen molar-refractivity contribution in [2.45, 2.75) is 25.3 Å². The molecule has 0 bridgehead atoms. The Morgan fingerprint density at radius 1 is 1.41 bits per heavy atom. The van der Waals surface area contributed by atoms with E-state index in [0.717, 1.165) is 12.8 Å². The zero-order valence-electron chi connectivity index (χ0n) is 9.39. The number of nitrogens with two attached hydrogens (primary N) is 1. The number of anilines is 1. The largest absolute Gasteiger partial charge is 0.398 e. The molecule has 1 aliphatic carbocycles. The maximum Gasteiger partial charge on any atom is 0.186 e. The van der Waals surface area contributed by atoms with Gasteiger partial charge in [-0.25, -0.2) is 4.68 Å². The van der Waals surface area contributed by atoms with Crippen molar-refractivity contribution in [1.82, 2.24) is 20.2 Å². The van der Waals surface area contributed by atoms with Crippen LogP contribution in [0.3, 0.4) is 0 Å². The fourth-order valence-electron chi connectivity index (χ4n) is 1.88. The Labute approximate surface area is 104 Å². The number of aromatic nitrogens is 4. The average Bonchev–Trinajstić information content (AvgIpc) is 2.85. The molecule has 1 heterocycles. The third kappa shape index (κ3) is 1.58. The molecule has 0 radical (unpaired) electrons. The topological polar surface area (TPSA) is 69.6 Å². The van der Waals surface area contributed by atoms with E-state index in [0.29, 0.717) is 22.1 Å². The van der Waals surface area contributed by atoms with E-state index in [1.165, 1.54) is 0 Å². The molecule has 3 rings (SSSR count). The molecule has 6 heteroatoms. The lowest BCUT2D eigenvalue weighted by atomic mass is 10.1. The molecule has 1 saturated carbocycles. The van der Waals surface area contributed by atoms with Crippen LogP contribution in [0.25, 0.3) is 11.4 Å². The summed E-state index contributed by atoms with van der Waals surface area (Å²) in [7, 11) is 0. The summed E-state index contributed by atoms with van der Waals surface area (Å²) in [4.78, 5) is 0. The van der Waals surface area contributed by atoms with E-state index in [9.17, 15) is 0 Å². The van der Waals surface area contributed by atoms with Crippen LogP contribution in [0, 0.1) is 0 Å². The molecular formula is C11H12ClN5. The molecule has 2 aromatic rings. The quantitative estimate of drug-likeness (QED) is 0.828. The Morgan fingerprint density at radius 3 is 2.82 bits per heavy atom. The predicted molar refractivity (Wildman–Crippen MR) is 65.6 cm³/mol. The first-order chi connectivity index (χ1) is 8.12. The van der Waals surface area contributed by atoms with Crippen LogP contribution in [0.2, 0.25) is 5.02 Å². The summed E-state index contributed by atoms with van der Waals surface area (Å²) in [6, 6.07) is 5.41. The van der Waals surface area contributed by atoms with Crippen molar-refractivity contribution in [3.05, 3.63) is 23.2 Å². The van der Waals surface area contributed by atoms with Crippen LogP contribution in [0.4, 0.5) is 5.69 Å². The van der Waals surface area contributed by atoms with Gasteiger partial charge in [0.15, 0.2) is 5.82 Å². The van der Waals surface area contributed by atoms with Gasteiger partial charge in [0.25, 0.3) is 0 Å². The van der Waals surface area contributed by atoms with Crippen molar-refractivity contribution < 1.29 is 0 Å². The molecule has 0 unspecified atom stereocenters. The molecule has 0 amide bonds. The lowest BCUT2D eigenvalue weighted by molar-refractivity contribution is 0.463. The molecule has 0 atom stereocenters. The second-order valence-electron chi connectivity index (χ2n) is 4.62. The van der Waals surface area contributed by atoms with Crippen LogP contribution in [0.15, 0.2) is 18.2 Å². The first-order valence-corrected chi connectivity index (χ1v) is 5.83. The molecule has 1 aromatic heterocycles. The minimum absolute atomic E-state index is 0.0183. The average molecular weight is 250 g/mol. The van der Waals surface area contributed by atoms with Gasteiger partial charge in [-0.3, -0.25) is 0 Å². The summed E-state index contributed by atoms with van der Waals surface area (Å²) < 4.78 is 1.82. The number of nitrogens with zero attached hydrogens (tertiary/aromatic N) is 4. The molecule has 0 aliphatic heterocycles. The van der Waals surface area contributed by atoms with E-state index in [1.54, 1.807) is 12.1 Å². The highest BCUT2D eigenvalue weighted by atomic mass is 35.5. The van der Waals surface area contributed by atoms with Crippen molar-refractivity contribution in [2.24, 2.45) is 0 Å². The Morgan fingerprint density at radius 2 is 2.18 bits per heavy atom. The van der Waals surface area contributed by atoms with Gasteiger partial charge in [-0.1, -0.05) is 17.7 Å². The van der Waals surface area contributed by atoms with Gasteiger partial charge in [0.2, 0.25) is 0 Å². The Bertz CT molecular complexity index is 553.